The van der Waals surface area contributed by atoms with Gasteiger partial charge < -0.3 is 9.47 Å². The molecule has 0 atom stereocenters. The van der Waals surface area contributed by atoms with E-state index in [0.29, 0.717) is 0 Å². The van der Waals surface area contributed by atoms with Crippen LogP contribution in [0.4, 0.5) is 0 Å². The van der Waals surface area contributed by atoms with Crippen molar-refractivity contribution in [2.24, 2.45) is 0 Å². The molecule has 0 bridgehead atoms. The molecule has 0 aromatic heterocycles. The number of hydrogen-bond acceptors (Lipinski definition) is 3. The van der Waals surface area contributed by atoms with E-state index in [-0.39, 0.29) is 0 Å². The fourth-order valence-electron chi connectivity index (χ4n) is 2.46. The maximum absolute atomic E-state index is 5.55. The van der Waals surface area contributed by atoms with Gasteiger partial charge in [-0.1, -0.05) is 23.9 Å². The predicted octanol–water partition coefficient (Wildman–Crippen LogP) is 5.68. The summed E-state index contributed by atoms with van der Waals surface area (Å²) >= 11 is 8.88. The zero-order valence-corrected chi connectivity index (χ0v) is 15.4. The number of methoxy groups -OCH3 is 2. The van der Waals surface area contributed by atoms with Gasteiger partial charge in [-0.3, -0.25) is 0 Å². The van der Waals surface area contributed by atoms with Crippen LogP contribution in [0.5, 0.6) is 11.5 Å². The highest BCUT2D eigenvalue weighted by Crippen LogP contribution is 2.53. The summed E-state index contributed by atoms with van der Waals surface area (Å²) in [5, 5.41) is 0. The summed E-state index contributed by atoms with van der Waals surface area (Å²) in [6.07, 6.45) is 0. The Bertz CT molecular complexity index is 682. The summed E-state index contributed by atoms with van der Waals surface area (Å²) in [4.78, 5) is 2.34. The van der Waals surface area contributed by atoms with E-state index in [1.807, 2.05) is 24.3 Å². The van der Waals surface area contributed by atoms with Crippen LogP contribution < -0.4 is 9.47 Å². The molecule has 0 radical (unpaired) electrons. The number of benzene rings is 2. The molecule has 0 saturated carbocycles. The minimum Gasteiger partial charge on any atom is -0.496 e. The van der Waals surface area contributed by atoms with Gasteiger partial charge in [0, 0.05) is 26.5 Å². The Kier molecular flexibility index (Phi) is 4.33. The fraction of sp³-hybridized carbons (Fsp3) is 0.125. The zero-order chi connectivity index (χ0) is 15.0. The van der Waals surface area contributed by atoms with Crippen molar-refractivity contribution in [3.05, 3.63) is 50.9 Å². The van der Waals surface area contributed by atoms with Gasteiger partial charge in [0.2, 0.25) is 0 Å². The van der Waals surface area contributed by atoms with Crippen molar-refractivity contribution in [2.75, 3.05) is 14.2 Å². The Labute approximate surface area is 144 Å². The van der Waals surface area contributed by atoms with Crippen LogP contribution in [0.2, 0.25) is 0 Å². The Balaban J connectivity index is 2.37. The molecule has 0 N–H and O–H groups in total. The monoisotopic (exact) mass is 426 g/mol. The van der Waals surface area contributed by atoms with Crippen molar-refractivity contribution in [3.8, 4) is 11.5 Å². The first-order valence-corrected chi connectivity index (χ1v) is 8.65. The molecule has 3 rings (SSSR count). The maximum Gasteiger partial charge on any atom is 0.127 e. The van der Waals surface area contributed by atoms with Crippen LogP contribution in [0.25, 0.3) is 5.57 Å². The van der Waals surface area contributed by atoms with Crippen molar-refractivity contribution >= 4 is 49.2 Å². The molecular formula is C16H12Br2O2S. The first kappa shape index (κ1) is 15.0. The highest BCUT2D eigenvalue weighted by atomic mass is 79.9. The minimum absolute atomic E-state index is 0.850. The summed E-state index contributed by atoms with van der Waals surface area (Å²) in [6, 6.07) is 12.2. The molecule has 0 aliphatic carbocycles. The summed E-state index contributed by atoms with van der Waals surface area (Å²) in [7, 11) is 3.38. The third-order valence-electron chi connectivity index (χ3n) is 3.32. The Morgan fingerprint density at radius 1 is 0.857 bits per heavy atom. The summed E-state index contributed by atoms with van der Waals surface area (Å²) in [5.41, 5.74) is 3.20. The summed E-state index contributed by atoms with van der Waals surface area (Å²) in [5.74, 6) is 1.70. The highest BCUT2D eigenvalue weighted by Gasteiger charge is 2.28. The molecular weight excluding hydrogens is 416 g/mol. The van der Waals surface area contributed by atoms with Crippen molar-refractivity contribution in [2.45, 2.75) is 9.79 Å². The van der Waals surface area contributed by atoms with E-state index >= 15 is 0 Å². The van der Waals surface area contributed by atoms with Gasteiger partial charge >= 0.3 is 0 Å². The third-order valence-corrected chi connectivity index (χ3v) is 5.24. The number of rotatable bonds is 2. The largest absolute Gasteiger partial charge is 0.496 e. The van der Waals surface area contributed by atoms with Gasteiger partial charge in [0.15, 0.2) is 0 Å². The molecule has 2 aromatic rings. The second kappa shape index (κ2) is 6.07. The lowest BCUT2D eigenvalue weighted by Crippen LogP contribution is -2.04. The third kappa shape index (κ3) is 2.51. The van der Waals surface area contributed by atoms with Gasteiger partial charge in [-0.25, -0.2) is 0 Å². The maximum atomic E-state index is 5.55. The van der Waals surface area contributed by atoms with Gasteiger partial charge in [-0.15, -0.1) is 0 Å². The Morgan fingerprint density at radius 2 is 1.33 bits per heavy atom. The molecule has 0 fully saturated rings. The quantitative estimate of drug-likeness (QED) is 0.524. The lowest BCUT2D eigenvalue weighted by atomic mass is 9.97. The number of halogens is 2. The lowest BCUT2D eigenvalue weighted by molar-refractivity contribution is 0.409. The predicted molar refractivity (Wildman–Crippen MR) is 94.0 cm³/mol. The molecule has 1 aliphatic rings. The zero-order valence-electron chi connectivity index (χ0n) is 11.4. The van der Waals surface area contributed by atoms with Crippen LogP contribution in [0.1, 0.15) is 11.1 Å². The van der Waals surface area contributed by atoms with Gasteiger partial charge in [-0.2, -0.15) is 0 Å². The summed E-state index contributed by atoms with van der Waals surface area (Å²) < 4.78 is 12.0. The normalized spacial score (nSPS) is 12.5. The molecule has 2 aromatic carbocycles. The van der Waals surface area contributed by atoms with Crippen molar-refractivity contribution in [1.29, 1.82) is 0 Å². The van der Waals surface area contributed by atoms with Gasteiger partial charge in [0.05, 0.1) is 17.6 Å². The first-order chi connectivity index (χ1) is 10.2. The standard InChI is InChI=1S/C16H12Br2O2S/c1-19-9-5-3-7-11-13(9)15(16(17)18)14-10(20-2)6-4-8-12(14)21-11/h3-8H,1-2H3. The first-order valence-electron chi connectivity index (χ1n) is 6.25. The van der Waals surface area contributed by atoms with Gasteiger partial charge in [-0.05, 0) is 56.1 Å². The Hall–Kier alpha value is -0.910. The molecule has 0 amide bonds. The smallest absolute Gasteiger partial charge is 0.127 e. The van der Waals surface area contributed by atoms with E-state index < -0.39 is 0 Å². The molecule has 0 spiro atoms. The topological polar surface area (TPSA) is 18.5 Å². The minimum atomic E-state index is 0.850. The van der Waals surface area contributed by atoms with Crippen LogP contribution in [-0.4, -0.2) is 14.2 Å². The van der Waals surface area contributed by atoms with Crippen LogP contribution >= 0.6 is 43.6 Å². The van der Waals surface area contributed by atoms with E-state index in [9.17, 15) is 0 Å². The molecule has 0 saturated heterocycles. The van der Waals surface area contributed by atoms with Crippen molar-refractivity contribution in [3.63, 3.8) is 0 Å². The van der Waals surface area contributed by atoms with Crippen molar-refractivity contribution in [1.82, 2.24) is 0 Å². The van der Waals surface area contributed by atoms with Gasteiger partial charge in [0.1, 0.15) is 11.5 Å². The number of hydrogen-bond donors (Lipinski definition) is 0. The molecule has 5 heteroatoms. The van der Waals surface area contributed by atoms with Crippen LogP contribution in [0.3, 0.4) is 0 Å². The second-order valence-corrected chi connectivity index (χ2v) is 8.14. The average Bonchev–Trinajstić information content (AvgIpc) is 2.50. The summed E-state index contributed by atoms with van der Waals surface area (Å²) in [6.45, 7) is 0. The number of fused-ring (bicyclic) bond motifs is 2. The molecule has 108 valence electrons. The molecule has 21 heavy (non-hydrogen) atoms. The fourth-order valence-corrected chi connectivity index (χ4v) is 4.39. The van der Waals surface area contributed by atoms with Gasteiger partial charge in [0.25, 0.3) is 0 Å². The molecule has 1 aliphatic heterocycles. The van der Waals surface area contributed by atoms with Crippen LogP contribution in [0, 0.1) is 0 Å². The highest BCUT2D eigenvalue weighted by molar-refractivity contribution is 9.28. The van der Waals surface area contributed by atoms with E-state index in [2.05, 4.69) is 44.0 Å². The van der Waals surface area contributed by atoms with E-state index in [4.69, 9.17) is 9.47 Å². The lowest BCUT2D eigenvalue weighted by Gasteiger charge is -2.25. The van der Waals surface area contributed by atoms with Crippen molar-refractivity contribution < 1.29 is 9.47 Å². The van der Waals surface area contributed by atoms with Crippen LogP contribution in [0.15, 0.2) is 49.6 Å². The average molecular weight is 428 g/mol. The molecule has 1 heterocycles. The molecule has 2 nitrogen and oxygen atoms in total. The SMILES string of the molecule is COc1cccc2c1C(=C(Br)Br)c1c(OC)cccc1S2. The second-order valence-electron chi connectivity index (χ2n) is 4.40. The molecule has 0 unspecified atom stereocenters. The van der Waals surface area contributed by atoms with E-state index in [1.54, 1.807) is 26.0 Å². The van der Waals surface area contributed by atoms with E-state index in [1.165, 1.54) is 9.79 Å². The van der Waals surface area contributed by atoms with E-state index in [0.717, 1.165) is 31.6 Å². The Morgan fingerprint density at radius 3 is 1.71 bits per heavy atom. The number of ether oxygens (including phenoxy) is 2. The van der Waals surface area contributed by atoms with Crippen LogP contribution in [-0.2, 0) is 0 Å².